The van der Waals surface area contributed by atoms with Crippen LogP contribution >= 0.6 is 0 Å². The van der Waals surface area contributed by atoms with E-state index in [4.69, 9.17) is 4.74 Å². The molecule has 0 amide bonds. The first-order valence-electron chi connectivity index (χ1n) is 7.16. The standard InChI is InChI=1S/C18H18O5/c1-23-14-9-7-12(8-10-14)15(11-16(19)20)17(18(21)22)13-5-3-2-4-6-13/h2-10,15,17H,11H2,1H3,(H,19,20)(H,21,22). The van der Waals surface area contributed by atoms with Crippen LogP contribution in [-0.2, 0) is 9.59 Å². The lowest BCUT2D eigenvalue weighted by Crippen LogP contribution is -2.22. The van der Waals surface area contributed by atoms with Crippen molar-refractivity contribution in [2.45, 2.75) is 18.3 Å². The Hall–Kier alpha value is -2.82. The first kappa shape index (κ1) is 16.5. The van der Waals surface area contributed by atoms with Crippen LogP contribution in [0.25, 0.3) is 0 Å². The molecule has 2 rings (SSSR count). The van der Waals surface area contributed by atoms with Gasteiger partial charge in [-0.3, -0.25) is 9.59 Å². The summed E-state index contributed by atoms with van der Waals surface area (Å²) in [7, 11) is 1.54. The molecule has 2 atom stereocenters. The molecule has 23 heavy (non-hydrogen) atoms. The summed E-state index contributed by atoms with van der Waals surface area (Å²) in [5, 5.41) is 18.9. The predicted octanol–water partition coefficient (Wildman–Crippen LogP) is 3.12. The van der Waals surface area contributed by atoms with Gasteiger partial charge in [0.15, 0.2) is 0 Å². The van der Waals surface area contributed by atoms with Crippen molar-refractivity contribution in [3.8, 4) is 5.75 Å². The molecule has 0 spiro atoms. The van der Waals surface area contributed by atoms with Crippen LogP contribution in [0.1, 0.15) is 29.4 Å². The highest BCUT2D eigenvalue weighted by Gasteiger charge is 2.32. The van der Waals surface area contributed by atoms with Gasteiger partial charge >= 0.3 is 11.9 Å². The number of aliphatic carboxylic acids is 2. The summed E-state index contributed by atoms with van der Waals surface area (Å²) < 4.78 is 5.09. The van der Waals surface area contributed by atoms with Gasteiger partial charge in [-0.2, -0.15) is 0 Å². The van der Waals surface area contributed by atoms with Crippen molar-refractivity contribution in [2.24, 2.45) is 0 Å². The largest absolute Gasteiger partial charge is 0.497 e. The van der Waals surface area contributed by atoms with Crippen molar-refractivity contribution in [1.82, 2.24) is 0 Å². The maximum atomic E-state index is 11.8. The topological polar surface area (TPSA) is 83.8 Å². The Kier molecular flexibility index (Phi) is 5.36. The van der Waals surface area contributed by atoms with E-state index in [0.717, 1.165) is 0 Å². The minimum Gasteiger partial charge on any atom is -0.497 e. The van der Waals surface area contributed by atoms with Crippen LogP contribution < -0.4 is 4.74 Å². The second-order valence-electron chi connectivity index (χ2n) is 5.20. The van der Waals surface area contributed by atoms with E-state index in [0.29, 0.717) is 16.9 Å². The lowest BCUT2D eigenvalue weighted by Gasteiger charge is -2.23. The fourth-order valence-corrected chi connectivity index (χ4v) is 2.67. The van der Waals surface area contributed by atoms with Crippen LogP contribution in [0, 0.1) is 0 Å². The van der Waals surface area contributed by atoms with Crippen LogP contribution in [0.4, 0.5) is 0 Å². The molecule has 5 nitrogen and oxygen atoms in total. The van der Waals surface area contributed by atoms with Gasteiger partial charge in [0, 0.05) is 5.92 Å². The maximum absolute atomic E-state index is 11.8. The van der Waals surface area contributed by atoms with Crippen LogP contribution in [0.5, 0.6) is 5.75 Å². The first-order chi connectivity index (χ1) is 11.0. The third kappa shape index (κ3) is 4.10. The van der Waals surface area contributed by atoms with E-state index in [2.05, 4.69) is 0 Å². The number of hydrogen-bond donors (Lipinski definition) is 2. The molecule has 0 saturated carbocycles. The molecule has 2 aromatic rings. The summed E-state index contributed by atoms with van der Waals surface area (Å²) in [6.07, 6.45) is -0.266. The molecule has 2 N–H and O–H groups in total. The van der Waals surface area contributed by atoms with Crippen LogP contribution in [0.15, 0.2) is 54.6 Å². The number of ether oxygens (including phenoxy) is 1. The molecule has 0 saturated heterocycles. The SMILES string of the molecule is COc1ccc(C(CC(=O)O)C(C(=O)O)c2ccccc2)cc1. The Morgan fingerprint density at radius 2 is 1.57 bits per heavy atom. The van der Waals surface area contributed by atoms with Crippen LogP contribution in [0.2, 0.25) is 0 Å². The lowest BCUT2D eigenvalue weighted by atomic mass is 9.79. The van der Waals surface area contributed by atoms with E-state index in [1.165, 1.54) is 7.11 Å². The third-order valence-corrected chi connectivity index (χ3v) is 3.77. The molecule has 120 valence electrons. The zero-order valence-electron chi connectivity index (χ0n) is 12.7. The quantitative estimate of drug-likeness (QED) is 0.820. The first-order valence-corrected chi connectivity index (χ1v) is 7.16. The van der Waals surface area contributed by atoms with Crippen molar-refractivity contribution in [3.05, 3.63) is 65.7 Å². The normalized spacial score (nSPS) is 13.1. The van der Waals surface area contributed by atoms with Crippen molar-refractivity contribution in [3.63, 3.8) is 0 Å². The van der Waals surface area contributed by atoms with Gasteiger partial charge in [0.05, 0.1) is 19.4 Å². The molecule has 2 unspecified atom stereocenters. The lowest BCUT2D eigenvalue weighted by molar-refractivity contribution is -0.140. The van der Waals surface area contributed by atoms with Gasteiger partial charge in [-0.1, -0.05) is 42.5 Å². The van der Waals surface area contributed by atoms with Gasteiger partial charge in [0.2, 0.25) is 0 Å². The third-order valence-electron chi connectivity index (χ3n) is 3.77. The summed E-state index contributed by atoms with van der Waals surface area (Å²) >= 11 is 0. The molecule has 0 radical (unpaired) electrons. The fraction of sp³-hybridized carbons (Fsp3) is 0.222. The van der Waals surface area contributed by atoms with Crippen LogP contribution in [0.3, 0.4) is 0 Å². The Morgan fingerprint density at radius 3 is 2.04 bits per heavy atom. The highest BCUT2D eigenvalue weighted by Crippen LogP contribution is 2.36. The van der Waals surface area contributed by atoms with E-state index in [1.54, 1.807) is 54.6 Å². The van der Waals surface area contributed by atoms with Crippen molar-refractivity contribution >= 4 is 11.9 Å². The molecule has 0 fully saturated rings. The number of hydrogen-bond acceptors (Lipinski definition) is 3. The molecular formula is C18H18O5. The summed E-state index contributed by atoms with van der Waals surface area (Å²) in [5.41, 5.74) is 1.24. The van der Waals surface area contributed by atoms with E-state index in [1.807, 2.05) is 0 Å². The molecule has 5 heteroatoms. The minimum atomic E-state index is -1.04. The fourth-order valence-electron chi connectivity index (χ4n) is 2.67. The summed E-state index contributed by atoms with van der Waals surface area (Å²) in [6.45, 7) is 0. The number of methoxy groups -OCH3 is 1. The van der Waals surface area contributed by atoms with Crippen LogP contribution in [-0.4, -0.2) is 29.3 Å². The second kappa shape index (κ2) is 7.45. The van der Waals surface area contributed by atoms with Crippen molar-refractivity contribution in [2.75, 3.05) is 7.11 Å². The average Bonchev–Trinajstić information content (AvgIpc) is 2.54. The van der Waals surface area contributed by atoms with Gasteiger partial charge in [0.1, 0.15) is 5.75 Å². The number of rotatable bonds is 7. The van der Waals surface area contributed by atoms with Gasteiger partial charge in [-0.25, -0.2) is 0 Å². The molecule has 0 aromatic heterocycles. The molecule has 0 aliphatic carbocycles. The zero-order chi connectivity index (χ0) is 16.8. The molecule has 0 aliphatic rings. The predicted molar refractivity (Wildman–Crippen MR) is 84.8 cm³/mol. The zero-order valence-corrected chi connectivity index (χ0v) is 12.7. The van der Waals surface area contributed by atoms with Crippen molar-refractivity contribution < 1.29 is 24.5 Å². The summed E-state index contributed by atoms with van der Waals surface area (Å²) in [6, 6.07) is 15.5. The maximum Gasteiger partial charge on any atom is 0.311 e. The van der Waals surface area contributed by atoms with Crippen molar-refractivity contribution in [1.29, 1.82) is 0 Å². The van der Waals surface area contributed by atoms with Gasteiger partial charge in [-0.15, -0.1) is 0 Å². The molecular weight excluding hydrogens is 296 g/mol. The molecule has 2 aromatic carbocycles. The Balaban J connectivity index is 2.45. The van der Waals surface area contributed by atoms with Gasteiger partial charge in [-0.05, 0) is 23.3 Å². The Morgan fingerprint density at radius 1 is 0.957 bits per heavy atom. The number of carboxylic acids is 2. The number of carboxylic acid groups (broad SMARTS) is 2. The molecule has 0 heterocycles. The number of carbonyl (C=O) groups is 2. The van der Waals surface area contributed by atoms with E-state index in [9.17, 15) is 19.8 Å². The second-order valence-corrected chi connectivity index (χ2v) is 5.20. The highest BCUT2D eigenvalue weighted by molar-refractivity contribution is 5.79. The van der Waals surface area contributed by atoms with E-state index in [-0.39, 0.29) is 6.42 Å². The smallest absolute Gasteiger partial charge is 0.311 e. The highest BCUT2D eigenvalue weighted by atomic mass is 16.5. The van der Waals surface area contributed by atoms with E-state index < -0.39 is 23.8 Å². The molecule has 0 aliphatic heterocycles. The molecule has 0 bridgehead atoms. The Bertz CT molecular complexity index is 664. The summed E-state index contributed by atoms with van der Waals surface area (Å²) in [5.74, 6) is -3.04. The Labute approximate surface area is 134 Å². The number of benzene rings is 2. The van der Waals surface area contributed by atoms with E-state index >= 15 is 0 Å². The van der Waals surface area contributed by atoms with Gasteiger partial charge < -0.3 is 14.9 Å². The monoisotopic (exact) mass is 314 g/mol. The van der Waals surface area contributed by atoms with Gasteiger partial charge in [0.25, 0.3) is 0 Å². The minimum absolute atomic E-state index is 0.266. The summed E-state index contributed by atoms with van der Waals surface area (Å²) in [4.78, 5) is 23.0. The average molecular weight is 314 g/mol.